The second kappa shape index (κ2) is 5.39. The molecule has 18 heavy (non-hydrogen) atoms. The van der Waals surface area contributed by atoms with Gasteiger partial charge >= 0.3 is 6.18 Å². The molecule has 2 N–H and O–H groups in total. The van der Waals surface area contributed by atoms with Gasteiger partial charge in [0, 0.05) is 13.2 Å². The van der Waals surface area contributed by atoms with Gasteiger partial charge in [0.2, 0.25) is 0 Å². The Bertz CT molecular complexity index is 533. The van der Waals surface area contributed by atoms with Gasteiger partial charge in [0.15, 0.2) is 0 Å². The Hall–Kier alpha value is -0.900. The highest BCUT2D eigenvalue weighted by molar-refractivity contribution is 7.87. The van der Waals surface area contributed by atoms with Crippen LogP contribution in [0.1, 0.15) is 11.3 Å². The van der Waals surface area contributed by atoms with E-state index in [4.69, 9.17) is 11.6 Å². The van der Waals surface area contributed by atoms with E-state index in [2.05, 4.69) is 9.71 Å². The van der Waals surface area contributed by atoms with Crippen molar-refractivity contribution in [2.24, 2.45) is 0 Å². The Morgan fingerprint density at radius 3 is 2.50 bits per heavy atom. The molecule has 0 aliphatic heterocycles. The normalized spacial score (nSPS) is 12.7. The van der Waals surface area contributed by atoms with Crippen molar-refractivity contribution >= 4 is 21.8 Å². The molecule has 0 radical (unpaired) electrons. The van der Waals surface area contributed by atoms with Crippen LogP contribution in [0.3, 0.4) is 0 Å². The van der Waals surface area contributed by atoms with Crippen LogP contribution in [0.5, 0.6) is 0 Å². The summed E-state index contributed by atoms with van der Waals surface area (Å²) in [5.41, 5.74) is -0.990. The van der Waals surface area contributed by atoms with Crippen LogP contribution in [0, 0.1) is 0 Å². The summed E-state index contributed by atoms with van der Waals surface area (Å²) in [6.45, 7) is -0.305. The van der Waals surface area contributed by atoms with Crippen LogP contribution in [0.2, 0.25) is 5.02 Å². The maximum absolute atomic E-state index is 12.3. The summed E-state index contributed by atoms with van der Waals surface area (Å²) in [4.78, 5) is 3.48. The molecule has 0 atom stereocenters. The third-order valence-electron chi connectivity index (χ3n) is 1.94. The molecule has 0 fully saturated rings. The van der Waals surface area contributed by atoms with Crippen molar-refractivity contribution in [3.63, 3.8) is 0 Å². The van der Waals surface area contributed by atoms with Gasteiger partial charge in [-0.2, -0.15) is 26.3 Å². The first-order valence-corrected chi connectivity index (χ1v) is 6.41. The summed E-state index contributed by atoms with van der Waals surface area (Å²) in [7, 11) is -2.51. The van der Waals surface area contributed by atoms with Crippen molar-refractivity contribution in [3.8, 4) is 0 Å². The Labute approximate surface area is 107 Å². The molecule has 0 aliphatic rings. The largest absolute Gasteiger partial charge is 0.417 e. The van der Waals surface area contributed by atoms with E-state index >= 15 is 0 Å². The quantitative estimate of drug-likeness (QED) is 0.881. The molecule has 1 aromatic rings. The van der Waals surface area contributed by atoms with Gasteiger partial charge in [-0.15, -0.1) is 0 Å². The molecule has 0 unspecified atom stereocenters. The summed E-state index contributed by atoms with van der Waals surface area (Å²) >= 11 is 5.59. The fourth-order valence-electron chi connectivity index (χ4n) is 0.987. The van der Waals surface area contributed by atoms with Gasteiger partial charge in [-0.3, -0.25) is 4.98 Å². The number of aromatic nitrogens is 1. The van der Waals surface area contributed by atoms with E-state index in [1.807, 2.05) is 4.72 Å². The maximum atomic E-state index is 12.3. The first-order chi connectivity index (χ1) is 8.15. The Morgan fingerprint density at radius 1 is 1.44 bits per heavy atom. The topological polar surface area (TPSA) is 71.1 Å². The number of nitrogens with zero attached hydrogens (tertiary/aromatic N) is 1. The van der Waals surface area contributed by atoms with Crippen LogP contribution in [-0.4, -0.2) is 20.4 Å². The van der Waals surface area contributed by atoms with E-state index in [0.717, 1.165) is 0 Å². The lowest BCUT2D eigenvalue weighted by molar-refractivity contribution is -0.137. The summed E-state index contributed by atoms with van der Waals surface area (Å²) in [5, 5.41) is -0.261. The molecular formula is C8H9ClF3N3O2S. The highest BCUT2D eigenvalue weighted by atomic mass is 35.5. The number of rotatable bonds is 4. The van der Waals surface area contributed by atoms with Crippen molar-refractivity contribution in [1.29, 1.82) is 0 Å². The molecular weight excluding hydrogens is 295 g/mol. The van der Waals surface area contributed by atoms with Crippen molar-refractivity contribution in [2.45, 2.75) is 12.7 Å². The van der Waals surface area contributed by atoms with E-state index in [1.165, 1.54) is 7.05 Å². The average Bonchev–Trinajstić information content (AvgIpc) is 2.26. The van der Waals surface area contributed by atoms with Gasteiger partial charge in [0.25, 0.3) is 10.2 Å². The van der Waals surface area contributed by atoms with Crippen LogP contribution >= 0.6 is 11.6 Å². The minimum absolute atomic E-state index is 0.00323. The molecule has 1 aromatic heterocycles. The Balaban J connectivity index is 2.88. The van der Waals surface area contributed by atoms with Crippen molar-refractivity contribution < 1.29 is 21.6 Å². The smallest absolute Gasteiger partial charge is 0.258 e. The van der Waals surface area contributed by atoms with Crippen LogP contribution < -0.4 is 9.44 Å². The molecule has 10 heteroatoms. The molecule has 0 aromatic carbocycles. The van der Waals surface area contributed by atoms with Crippen molar-refractivity contribution in [3.05, 3.63) is 28.5 Å². The third-order valence-corrected chi connectivity index (χ3v) is 3.33. The van der Waals surface area contributed by atoms with Gasteiger partial charge in [-0.1, -0.05) is 11.6 Å². The van der Waals surface area contributed by atoms with Crippen LogP contribution in [-0.2, 0) is 22.9 Å². The Kier molecular flexibility index (Phi) is 4.54. The van der Waals surface area contributed by atoms with Gasteiger partial charge in [-0.25, -0.2) is 4.72 Å². The fourth-order valence-corrected chi connectivity index (χ4v) is 1.69. The predicted molar refractivity (Wildman–Crippen MR) is 59.1 cm³/mol. The standard InChI is InChI=1S/C8H9ClF3N3O2S/c1-13-18(16,17)15-4-7-6(9)2-5(3-14-7)8(10,11)12/h2-3,13,15H,4H2,1H3. The van der Waals surface area contributed by atoms with Gasteiger partial charge in [0.1, 0.15) is 0 Å². The average molecular weight is 304 g/mol. The van der Waals surface area contributed by atoms with Crippen LogP contribution in [0.4, 0.5) is 13.2 Å². The minimum Gasteiger partial charge on any atom is -0.258 e. The number of hydrogen-bond donors (Lipinski definition) is 2. The molecule has 0 aliphatic carbocycles. The Morgan fingerprint density at radius 2 is 2.06 bits per heavy atom. The summed E-state index contributed by atoms with van der Waals surface area (Å²) in [5.74, 6) is 0. The lowest BCUT2D eigenvalue weighted by Gasteiger charge is -2.09. The van der Waals surface area contributed by atoms with Crippen molar-refractivity contribution in [2.75, 3.05) is 7.05 Å². The zero-order valence-electron chi connectivity index (χ0n) is 9.05. The SMILES string of the molecule is CNS(=O)(=O)NCc1ncc(C(F)(F)F)cc1Cl. The molecule has 0 saturated carbocycles. The van der Waals surface area contributed by atoms with E-state index in [-0.39, 0.29) is 17.3 Å². The van der Waals surface area contributed by atoms with Gasteiger partial charge in [0.05, 0.1) is 22.8 Å². The van der Waals surface area contributed by atoms with Crippen molar-refractivity contribution in [1.82, 2.24) is 14.4 Å². The number of hydrogen-bond acceptors (Lipinski definition) is 3. The van der Waals surface area contributed by atoms with E-state index < -0.39 is 21.9 Å². The van der Waals surface area contributed by atoms with E-state index in [1.54, 1.807) is 0 Å². The van der Waals surface area contributed by atoms with E-state index in [9.17, 15) is 21.6 Å². The highest BCUT2D eigenvalue weighted by Gasteiger charge is 2.31. The first kappa shape index (κ1) is 15.2. The minimum atomic E-state index is -4.54. The fraction of sp³-hybridized carbons (Fsp3) is 0.375. The molecule has 102 valence electrons. The number of halogens is 4. The lowest BCUT2D eigenvalue weighted by Crippen LogP contribution is -2.33. The second-order valence-electron chi connectivity index (χ2n) is 3.18. The zero-order chi connectivity index (χ0) is 14.0. The maximum Gasteiger partial charge on any atom is 0.417 e. The number of alkyl halides is 3. The highest BCUT2D eigenvalue weighted by Crippen LogP contribution is 2.30. The number of nitrogens with one attached hydrogen (secondary N) is 2. The van der Waals surface area contributed by atoms with Crippen LogP contribution in [0.15, 0.2) is 12.3 Å². The second-order valence-corrected chi connectivity index (χ2v) is 5.29. The predicted octanol–water partition coefficient (Wildman–Crippen LogP) is 1.31. The first-order valence-electron chi connectivity index (χ1n) is 4.55. The zero-order valence-corrected chi connectivity index (χ0v) is 10.6. The van der Waals surface area contributed by atoms with E-state index in [0.29, 0.717) is 12.3 Å². The van der Waals surface area contributed by atoms with Gasteiger partial charge in [-0.05, 0) is 6.07 Å². The molecule has 0 saturated heterocycles. The molecule has 0 bridgehead atoms. The third kappa shape index (κ3) is 4.09. The molecule has 5 nitrogen and oxygen atoms in total. The lowest BCUT2D eigenvalue weighted by atomic mass is 10.2. The summed E-state index contributed by atoms with van der Waals surface area (Å²) < 4.78 is 63.0. The molecule has 1 heterocycles. The summed E-state index contributed by atoms with van der Waals surface area (Å²) in [6.07, 6.45) is -3.95. The molecule has 0 spiro atoms. The van der Waals surface area contributed by atoms with Crippen LogP contribution in [0.25, 0.3) is 0 Å². The molecule has 1 rings (SSSR count). The monoisotopic (exact) mass is 303 g/mol. The number of pyridine rings is 1. The summed E-state index contributed by atoms with van der Waals surface area (Å²) in [6, 6.07) is 0.692. The molecule has 0 amide bonds. The van der Waals surface area contributed by atoms with Gasteiger partial charge < -0.3 is 0 Å².